The number of hydrogen-bond acceptors (Lipinski definition) is 6. The van der Waals surface area contributed by atoms with Crippen molar-refractivity contribution in [1.82, 2.24) is 20.2 Å². The Hall–Kier alpha value is -3.40. The molecule has 9 nitrogen and oxygen atoms in total. The predicted octanol–water partition coefficient (Wildman–Crippen LogP) is 2.76. The molecule has 2 aromatic heterocycles. The molecular weight excluding hydrogens is 416 g/mol. The van der Waals surface area contributed by atoms with E-state index in [4.69, 9.17) is 0 Å². The number of nitro groups is 1. The van der Waals surface area contributed by atoms with Gasteiger partial charge in [-0.1, -0.05) is 34.1 Å². The van der Waals surface area contributed by atoms with Crippen LogP contribution in [0.5, 0.6) is 0 Å². The third-order valence-corrected chi connectivity index (χ3v) is 3.93. The maximum atomic E-state index is 12.2. The summed E-state index contributed by atoms with van der Waals surface area (Å²) in [6.07, 6.45) is 4.14. The van der Waals surface area contributed by atoms with Crippen LogP contribution in [-0.4, -0.2) is 31.8 Å². The molecule has 27 heavy (non-hydrogen) atoms. The van der Waals surface area contributed by atoms with E-state index >= 15 is 0 Å². The highest BCUT2D eigenvalue weighted by molar-refractivity contribution is 9.10. The van der Waals surface area contributed by atoms with Gasteiger partial charge in [-0.25, -0.2) is 5.43 Å². The smallest absolute Gasteiger partial charge is 0.265 e. The number of carbonyl (C=O) groups is 1. The van der Waals surface area contributed by atoms with E-state index in [0.717, 1.165) is 10.0 Å². The van der Waals surface area contributed by atoms with Crippen molar-refractivity contribution in [2.24, 2.45) is 5.10 Å². The first-order valence-corrected chi connectivity index (χ1v) is 8.53. The molecule has 3 aromatic rings. The zero-order valence-electron chi connectivity index (χ0n) is 13.8. The van der Waals surface area contributed by atoms with Gasteiger partial charge in [-0.2, -0.15) is 10.2 Å². The molecule has 0 saturated carbocycles. The van der Waals surface area contributed by atoms with Crippen LogP contribution in [0, 0.1) is 10.1 Å². The molecule has 0 aliphatic rings. The largest absolute Gasteiger partial charge is 0.320 e. The summed E-state index contributed by atoms with van der Waals surface area (Å²) in [4.78, 5) is 26.9. The van der Waals surface area contributed by atoms with Gasteiger partial charge >= 0.3 is 5.69 Å². The fourth-order valence-corrected chi connectivity index (χ4v) is 2.72. The van der Waals surface area contributed by atoms with E-state index in [0.29, 0.717) is 5.69 Å². The van der Waals surface area contributed by atoms with Crippen LogP contribution in [0.3, 0.4) is 0 Å². The number of amides is 1. The number of aromatic nitrogens is 3. The second-order valence-corrected chi connectivity index (χ2v) is 6.32. The van der Waals surface area contributed by atoms with Gasteiger partial charge in [0.1, 0.15) is 6.20 Å². The zero-order valence-corrected chi connectivity index (χ0v) is 15.4. The van der Waals surface area contributed by atoms with Crippen molar-refractivity contribution in [3.8, 4) is 0 Å². The van der Waals surface area contributed by atoms with Gasteiger partial charge in [0.2, 0.25) is 5.69 Å². The van der Waals surface area contributed by atoms with Crippen LogP contribution in [0.15, 0.2) is 64.4 Å². The Labute approximate surface area is 162 Å². The van der Waals surface area contributed by atoms with Gasteiger partial charge in [-0.05, 0) is 29.8 Å². The van der Waals surface area contributed by atoms with Crippen LogP contribution in [0.2, 0.25) is 0 Å². The van der Waals surface area contributed by atoms with Crippen LogP contribution in [0.1, 0.15) is 21.7 Å². The number of halogens is 1. The van der Waals surface area contributed by atoms with Crippen molar-refractivity contribution < 1.29 is 9.72 Å². The number of nitrogens with one attached hydrogen (secondary N) is 1. The quantitative estimate of drug-likeness (QED) is 0.368. The number of benzene rings is 1. The third kappa shape index (κ3) is 4.82. The molecule has 1 N–H and O–H groups in total. The van der Waals surface area contributed by atoms with Crippen LogP contribution in [-0.2, 0) is 6.54 Å². The lowest BCUT2D eigenvalue weighted by Crippen LogP contribution is -2.20. The topological polar surface area (TPSA) is 115 Å². The number of carbonyl (C=O) groups excluding carboxylic acids is 1. The third-order valence-electron chi connectivity index (χ3n) is 3.44. The molecule has 0 spiro atoms. The molecule has 0 aliphatic carbocycles. The van der Waals surface area contributed by atoms with Crippen LogP contribution >= 0.6 is 15.9 Å². The number of nitrogens with zero attached hydrogens (tertiary/aromatic N) is 5. The molecule has 0 radical (unpaired) electrons. The van der Waals surface area contributed by atoms with E-state index < -0.39 is 16.5 Å². The molecule has 0 fully saturated rings. The fraction of sp³-hybridized carbons (Fsp3) is 0.0588. The van der Waals surface area contributed by atoms with E-state index in [2.05, 4.69) is 36.5 Å². The summed E-state index contributed by atoms with van der Waals surface area (Å²) in [5, 5.41) is 19.1. The molecular formula is C17H13BrN6O3. The van der Waals surface area contributed by atoms with Crippen molar-refractivity contribution in [3.05, 3.63) is 86.4 Å². The van der Waals surface area contributed by atoms with Gasteiger partial charge < -0.3 is 0 Å². The molecule has 1 amide bonds. The van der Waals surface area contributed by atoms with Gasteiger partial charge in [-0.3, -0.25) is 24.6 Å². The number of hydrogen-bond donors (Lipinski definition) is 1. The monoisotopic (exact) mass is 428 g/mol. The fourth-order valence-electron chi connectivity index (χ4n) is 2.27. The van der Waals surface area contributed by atoms with Gasteiger partial charge in [0.05, 0.1) is 23.4 Å². The van der Waals surface area contributed by atoms with Gasteiger partial charge in [-0.15, -0.1) is 0 Å². The maximum Gasteiger partial charge on any atom is 0.320 e. The Morgan fingerprint density at radius 3 is 2.89 bits per heavy atom. The van der Waals surface area contributed by atoms with Gasteiger partial charge in [0, 0.05) is 10.7 Å². The Kier molecular flexibility index (Phi) is 5.67. The van der Waals surface area contributed by atoms with Crippen LogP contribution in [0.25, 0.3) is 0 Å². The van der Waals surface area contributed by atoms with Crippen LogP contribution < -0.4 is 5.43 Å². The maximum absolute atomic E-state index is 12.2. The summed E-state index contributed by atoms with van der Waals surface area (Å²) in [6, 6.07) is 12.6. The first-order valence-electron chi connectivity index (χ1n) is 7.73. The summed E-state index contributed by atoms with van der Waals surface area (Å²) >= 11 is 3.37. The summed E-state index contributed by atoms with van der Waals surface area (Å²) in [7, 11) is 0. The molecule has 0 saturated heterocycles. The Morgan fingerprint density at radius 1 is 1.33 bits per heavy atom. The summed E-state index contributed by atoms with van der Waals surface area (Å²) in [5.41, 5.74) is 2.94. The second kappa shape index (κ2) is 8.32. The SMILES string of the molecule is O=C(N/N=C\c1ccccn1)c1nn(Cc2cccc(Br)c2)cc1[N+](=O)[O-]. The lowest BCUT2D eigenvalue weighted by Gasteiger charge is -2.01. The number of hydrazone groups is 1. The van der Waals surface area contributed by atoms with E-state index in [1.54, 1.807) is 24.4 Å². The predicted molar refractivity (Wildman–Crippen MR) is 101 cm³/mol. The Morgan fingerprint density at radius 2 is 2.19 bits per heavy atom. The van der Waals surface area contributed by atoms with Crippen molar-refractivity contribution in [3.63, 3.8) is 0 Å². The zero-order chi connectivity index (χ0) is 19.2. The highest BCUT2D eigenvalue weighted by Crippen LogP contribution is 2.18. The standard InChI is InChI=1S/C17H13BrN6O3/c18-13-5-3-4-12(8-13)10-23-11-15(24(26)27)16(22-23)17(25)21-20-9-14-6-1-2-7-19-14/h1-9,11H,10H2,(H,21,25)/b20-9-. The van der Waals surface area contributed by atoms with Crippen molar-refractivity contribution in [1.29, 1.82) is 0 Å². The second-order valence-electron chi connectivity index (χ2n) is 5.40. The Balaban J connectivity index is 1.77. The molecule has 3 rings (SSSR count). The molecule has 0 unspecified atom stereocenters. The van der Waals surface area contributed by atoms with E-state index in [9.17, 15) is 14.9 Å². The molecule has 1 aromatic carbocycles. The van der Waals surface area contributed by atoms with Crippen molar-refractivity contribution in [2.75, 3.05) is 0 Å². The van der Waals surface area contributed by atoms with Crippen molar-refractivity contribution in [2.45, 2.75) is 6.54 Å². The van der Waals surface area contributed by atoms with Crippen molar-refractivity contribution >= 4 is 33.7 Å². The molecule has 0 aliphatic heterocycles. The summed E-state index contributed by atoms with van der Waals surface area (Å²) in [6.45, 7) is 0.283. The Bertz CT molecular complexity index is 1000. The van der Waals surface area contributed by atoms with Gasteiger partial charge in [0.15, 0.2) is 0 Å². The van der Waals surface area contributed by atoms with E-state index in [-0.39, 0.29) is 12.2 Å². The minimum absolute atomic E-state index is 0.283. The van der Waals surface area contributed by atoms with Gasteiger partial charge in [0.25, 0.3) is 5.91 Å². The minimum Gasteiger partial charge on any atom is -0.265 e. The first-order chi connectivity index (χ1) is 13.0. The summed E-state index contributed by atoms with van der Waals surface area (Å²) < 4.78 is 2.22. The van der Waals surface area contributed by atoms with E-state index in [1.807, 2.05) is 24.3 Å². The molecule has 0 atom stereocenters. The molecule has 2 heterocycles. The molecule has 10 heteroatoms. The lowest BCUT2D eigenvalue weighted by molar-refractivity contribution is -0.385. The highest BCUT2D eigenvalue weighted by atomic mass is 79.9. The first kappa shape index (κ1) is 18.4. The van der Waals surface area contributed by atoms with Crippen LogP contribution in [0.4, 0.5) is 5.69 Å². The number of pyridine rings is 1. The average molecular weight is 429 g/mol. The lowest BCUT2D eigenvalue weighted by atomic mass is 10.2. The summed E-state index contributed by atoms with van der Waals surface area (Å²) in [5.74, 6) is -0.776. The average Bonchev–Trinajstić information content (AvgIpc) is 3.07. The minimum atomic E-state index is -0.776. The molecule has 136 valence electrons. The highest BCUT2D eigenvalue weighted by Gasteiger charge is 2.25. The molecule has 0 bridgehead atoms. The number of rotatable bonds is 6. The van der Waals surface area contributed by atoms with E-state index in [1.165, 1.54) is 17.1 Å². The normalized spacial score (nSPS) is 10.9.